The molecule has 2 aromatic rings. The van der Waals surface area contributed by atoms with Crippen LogP contribution in [0.2, 0.25) is 0 Å². The number of aryl methyl sites for hydroxylation is 1. The van der Waals surface area contributed by atoms with Gasteiger partial charge in [-0.25, -0.2) is 4.39 Å². The first-order valence-electron chi connectivity index (χ1n) is 8.18. The van der Waals surface area contributed by atoms with E-state index in [0.717, 1.165) is 11.3 Å². The Hall–Kier alpha value is -3.09. The van der Waals surface area contributed by atoms with E-state index in [0.29, 0.717) is 18.8 Å². The molecule has 0 aliphatic heterocycles. The van der Waals surface area contributed by atoms with Crippen molar-refractivity contribution < 1.29 is 23.5 Å². The van der Waals surface area contributed by atoms with Crippen LogP contribution in [0.3, 0.4) is 0 Å². The van der Waals surface area contributed by atoms with E-state index in [2.05, 4.69) is 10.9 Å². The fourth-order valence-electron chi connectivity index (χ4n) is 2.05. The second-order valence-electron chi connectivity index (χ2n) is 5.61. The average Bonchev–Trinajstić information content (AvgIpc) is 2.63. The summed E-state index contributed by atoms with van der Waals surface area (Å²) in [5, 5.41) is 0. The van der Waals surface area contributed by atoms with Gasteiger partial charge in [-0.3, -0.25) is 20.4 Å². The van der Waals surface area contributed by atoms with Crippen molar-refractivity contribution in [3.63, 3.8) is 0 Å². The van der Waals surface area contributed by atoms with Gasteiger partial charge >= 0.3 is 0 Å². The largest absolute Gasteiger partial charge is 0.494 e. The summed E-state index contributed by atoms with van der Waals surface area (Å²) in [4.78, 5) is 23.2. The van der Waals surface area contributed by atoms with Gasteiger partial charge in [0, 0.05) is 6.42 Å². The number of halogens is 1. The lowest BCUT2D eigenvalue weighted by Crippen LogP contribution is -2.43. The fraction of sp³-hybridized carbons (Fsp3) is 0.263. The summed E-state index contributed by atoms with van der Waals surface area (Å²) < 4.78 is 23.5. The van der Waals surface area contributed by atoms with Crippen molar-refractivity contribution in [3.05, 3.63) is 59.9 Å². The Bertz CT molecular complexity index is 735. The second kappa shape index (κ2) is 10.0. The maximum Gasteiger partial charge on any atom is 0.276 e. The van der Waals surface area contributed by atoms with Crippen LogP contribution in [-0.2, 0) is 9.59 Å². The molecule has 7 heteroatoms. The van der Waals surface area contributed by atoms with Crippen LogP contribution in [0.1, 0.15) is 18.4 Å². The third kappa shape index (κ3) is 7.21. The molecule has 138 valence electrons. The Morgan fingerprint density at radius 2 is 1.69 bits per heavy atom. The standard InChI is InChI=1S/C19H21FN2O4/c1-14-4-2-5-17(12-14)25-11-3-6-18(23)21-22-19(24)13-26-16-9-7-15(20)8-10-16/h2,4-5,7-10,12H,3,6,11,13H2,1H3,(H,21,23)(H,22,24). The normalized spacial score (nSPS) is 10.1. The van der Waals surface area contributed by atoms with Gasteiger partial charge in [0.15, 0.2) is 6.61 Å². The minimum Gasteiger partial charge on any atom is -0.494 e. The first-order valence-corrected chi connectivity index (χ1v) is 8.18. The summed E-state index contributed by atoms with van der Waals surface area (Å²) in [5.41, 5.74) is 5.66. The Kier molecular flexibility index (Phi) is 7.42. The van der Waals surface area contributed by atoms with Gasteiger partial charge in [-0.15, -0.1) is 0 Å². The van der Waals surface area contributed by atoms with Gasteiger partial charge in [0.25, 0.3) is 5.91 Å². The number of amides is 2. The molecular formula is C19H21FN2O4. The monoisotopic (exact) mass is 360 g/mol. The number of rotatable bonds is 8. The maximum atomic E-state index is 12.7. The third-order valence-corrected chi connectivity index (χ3v) is 3.33. The van der Waals surface area contributed by atoms with Crippen molar-refractivity contribution in [2.75, 3.05) is 13.2 Å². The molecule has 0 unspecified atom stereocenters. The van der Waals surface area contributed by atoms with Crippen LogP contribution in [0.15, 0.2) is 48.5 Å². The molecule has 0 aliphatic rings. The molecule has 2 rings (SSSR count). The van der Waals surface area contributed by atoms with Crippen LogP contribution < -0.4 is 20.3 Å². The highest BCUT2D eigenvalue weighted by atomic mass is 19.1. The van der Waals surface area contributed by atoms with E-state index < -0.39 is 5.91 Å². The van der Waals surface area contributed by atoms with Crippen molar-refractivity contribution in [2.24, 2.45) is 0 Å². The predicted molar refractivity (Wildman–Crippen MR) is 94.1 cm³/mol. The van der Waals surface area contributed by atoms with Gasteiger partial charge in [-0.05, 0) is 55.3 Å². The summed E-state index contributed by atoms with van der Waals surface area (Å²) in [6.07, 6.45) is 0.729. The van der Waals surface area contributed by atoms with Gasteiger partial charge in [0.05, 0.1) is 6.61 Å². The van der Waals surface area contributed by atoms with Crippen LogP contribution in [0, 0.1) is 12.7 Å². The van der Waals surface area contributed by atoms with Crippen LogP contribution in [0.4, 0.5) is 4.39 Å². The Balaban J connectivity index is 1.56. The molecule has 0 saturated heterocycles. The van der Waals surface area contributed by atoms with E-state index in [1.807, 2.05) is 31.2 Å². The zero-order chi connectivity index (χ0) is 18.8. The first kappa shape index (κ1) is 19.2. The number of hydrogen-bond acceptors (Lipinski definition) is 4. The van der Waals surface area contributed by atoms with Crippen LogP contribution >= 0.6 is 0 Å². The minimum atomic E-state index is -0.515. The SMILES string of the molecule is Cc1cccc(OCCCC(=O)NNC(=O)COc2ccc(F)cc2)c1. The molecule has 0 aliphatic carbocycles. The Morgan fingerprint density at radius 3 is 2.42 bits per heavy atom. The zero-order valence-electron chi connectivity index (χ0n) is 14.5. The van der Waals surface area contributed by atoms with Gasteiger partial charge in [-0.1, -0.05) is 12.1 Å². The number of nitrogens with one attached hydrogen (secondary N) is 2. The molecule has 0 saturated carbocycles. The highest BCUT2D eigenvalue weighted by Crippen LogP contribution is 2.12. The topological polar surface area (TPSA) is 76.7 Å². The summed E-state index contributed by atoms with van der Waals surface area (Å²) in [7, 11) is 0. The summed E-state index contributed by atoms with van der Waals surface area (Å²) >= 11 is 0. The van der Waals surface area contributed by atoms with Crippen molar-refractivity contribution in [3.8, 4) is 11.5 Å². The lowest BCUT2D eigenvalue weighted by atomic mass is 10.2. The smallest absolute Gasteiger partial charge is 0.276 e. The summed E-state index contributed by atoms with van der Waals surface area (Å²) in [6.45, 7) is 2.09. The molecule has 0 bridgehead atoms. The molecule has 0 heterocycles. The quantitative estimate of drug-likeness (QED) is 0.560. The Morgan fingerprint density at radius 1 is 0.962 bits per heavy atom. The maximum absolute atomic E-state index is 12.7. The molecule has 0 spiro atoms. The molecule has 0 fully saturated rings. The number of carbonyl (C=O) groups excluding carboxylic acids is 2. The fourth-order valence-corrected chi connectivity index (χ4v) is 2.05. The highest BCUT2D eigenvalue weighted by Gasteiger charge is 2.06. The van der Waals surface area contributed by atoms with Crippen LogP contribution in [-0.4, -0.2) is 25.0 Å². The zero-order valence-corrected chi connectivity index (χ0v) is 14.5. The van der Waals surface area contributed by atoms with E-state index >= 15 is 0 Å². The van der Waals surface area contributed by atoms with Gasteiger partial charge in [0.2, 0.25) is 5.91 Å². The number of carbonyl (C=O) groups is 2. The van der Waals surface area contributed by atoms with Crippen LogP contribution in [0.5, 0.6) is 11.5 Å². The molecule has 0 aromatic heterocycles. The van der Waals surface area contributed by atoms with Gasteiger partial charge < -0.3 is 9.47 Å². The average molecular weight is 360 g/mol. The number of hydrazine groups is 1. The molecule has 26 heavy (non-hydrogen) atoms. The lowest BCUT2D eigenvalue weighted by molar-refractivity contribution is -0.130. The van der Waals surface area contributed by atoms with E-state index in [-0.39, 0.29) is 24.8 Å². The van der Waals surface area contributed by atoms with E-state index in [1.54, 1.807) is 0 Å². The number of hydrogen-bond donors (Lipinski definition) is 2. The minimum absolute atomic E-state index is 0.213. The van der Waals surface area contributed by atoms with Crippen molar-refractivity contribution in [1.29, 1.82) is 0 Å². The summed E-state index contributed by atoms with van der Waals surface area (Å²) in [6, 6.07) is 12.9. The molecule has 6 nitrogen and oxygen atoms in total. The second-order valence-corrected chi connectivity index (χ2v) is 5.61. The van der Waals surface area contributed by atoms with Gasteiger partial charge in [0.1, 0.15) is 17.3 Å². The summed E-state index contributed by atoms with van der Waals surface area (Å²) in [5.74, 6) is -0.107. The first-order chi connectivity index (χ1) is 12.5. The molecule has 2 amide bonds. The molecule has 2 aromatic carbocycles. The molecule has 0 radical (unpaired) electrons. The van der Waals surface area contributed by atoms with Crippen molar-refractivity contribution in [2.45, 2.75) is 19.8 Å². The molecule has 2 N–H and O–H groups in total. The van der Waals surface area contributed by atoms with Crippen LogP contribution in [0.25, 0.3) is 0 Å². The number of benzene rings is 2. The van der Waals surface area contributed by atoms with Crippen molar-refractivity contribution in [1.82, 2.24) is 10.9 Å². The highest BCUT2D eigenvalue weighted by molar-refractivity contribution is 5.82. The molecular weight excluding hydrogens is 339 g/mol. The van der Waals surface area contributed by atoms with E-state index in [9.17, 15) is 14.0 Å². The van der Waals surface area contributed by atoms with E-state index in [1.165, 1.54) is 24.3 Å². The lowest BCUT2D eigenvalue weighted by Gasteiger charge is -2.09. The van der Waals surface area contributed by atoms with Gasteiger partial charge in [-0.2, -0.15) is 0 Å². The Labute approximate surface area is 151 Å². The molecule has 0 atom stereocenters. The predicted octanol–water partition coefficient (Wildman–Crippen LogP) is 2.52. The van der Waals surface area contributed by atoms with E-state index in [4.69, 9.17) is 9.47 Å². The third-order valence-electron chi connectivity index (χ3n) is 3.33. The van der Waals surface area contributed by atoms with Crippen molar-refractivity contribution >= 4 is 11.8 Å². The number of ether oxygens (including phenoxy) is 2.